The molecule has 3 aromatic heterocycles. The highest BCUT2D eigenvalue weighted by atomic mass is 16.5. The van der Waals surface area contributed by atoms with Gasteiger partial charge in [-0.05, 0) is 60.7 Å². The van der Waals surface area contributed by atoms with Gasteiger partial charge in [0.2, 0.25) is 5.95 Å². The molecule has 1 aliphatic carbocycles. The van der Waals surface area contributed by atoms with Gasteiger partial charge in [0.25, 0.3) is 0 Å². The van der Waals surface area contributed by atoms with Gasteiger partial charge in [0.1, 0.15) is 5.75 Å². The van der Waals surface area contributed by atoms with Crippen molar-refractivity contribution in [2.75, 3.05) is 7.11 Å². The number of nitrogens with one attached hydrogen (secondary N) is 1. The van der Waals surface area contributed by atoms with Crippen LogP contribution in [0.25, 0.3) is 11.6 Å². The first-order valence-corrected chi connectivity index (χ1v) is 10.9. The van der Waals surface area contributed by atoms with Crippen LogP contribution >= 0.6 is 0 Å². The molecule has 5 rings (SSSR count). The number of hydrogen-bond acceptors (Lipinski definition) is 5. The van der Waals surface area contributed by atoms with Gasteiger partial charge in [0.05, 0.1) is 19.0 Å². The van der Waals surface area contributed by atoms with Crippen LogP contribution in [-0.2, 0) is 13.0 Å². The van der Waals surface area contributed by atoms with E-state index in [1.807, 2.05) is 41.2 Å². The van der Waals surface area contributed by atoms with E-state index in [0.29, 0.717) is 5.95 Å². The van der Waals surface area contributed by atoms with Gasteiger partial charge in [0.15, 0.2) is 0 Å². The maximum absolute atomic E-state index is 5.31. The fraction of sp³-hybridized carbons (Fsp3) is 0.320. The van der Waals surface area contributed by atoms with Crippen molar-refractivity contribution in [3.8, 4) is 17.4 Å². The number of ether oxygens (including phenoxy) is 1. The summed E-state index contributed by atoms with van der Waals surface area (Å²) in [5, 5.41) is 8.54. The number of aromatic nitrogens is 5. The lowest BCUT2D eigenvalue weighted by Crippen LogP contribution is -2.34. The first-order chi connectivity index (χ1) is 15.5. The summed E-state index contributed by atoms with van der Waals surface area (Å²) in [5.74, 6) is 1.53. The molecule has 3 heterocycles. The average Bonchev–Trinajstić information content (AvgIpc) is 3.44. The van der Waals surface area contributed by atoms with E-state index in [-0.39, 0.29) is 11.5 Å². The number of rotatable bonds is 6. The Balaban J connectivity index is 1.41. The zero-order chi connectivity index (χ0) is 22.1. The summed E-state index contributed by atoms with van der Waals surface area (Å²) in [5.41, 5.74) is 4.89. The van der Waals surface area contributed by atoms with Crippen LogP contribution < -0.4 is 10.1 Å². The summed E-state index contributed by atoms with van der Waals surface area (Å²) in [7, 11) is 1.68. The standard InChI is InChI=1S/C25H28N6O/c1-25(2)14-22(28-16-19-6-4-13-30(19)24-26-11-5-12-27-24)21-17-29-31(23(21)15-25)18-7-9-20(32-3)10-8-18/h4-13,17,22,28H,14-16H2,1-3H3. The van der Waals surface area contributed by atoms with Crippen LogP contribution in [0.3, 0.4) is 0 Å². The summed E-state index contributed by atoms with van der Waals surface area (Å²) in [6.07, 6.45) is 9.60. The topological polar surface area (TPSA) is 69.8 Å². The maximum Gasteiger partial charge on any atom is 0.233 e. The summed E-state index contributed by atoms with van der Waals surface area (Å²) in [6, 6.07) is 14.3. The van der Waals surface area contributed by atoms with Crippen LogP contribution in [0.2, 0.25) is 0 Å². The third-order valence-corrected chi connectivity index (χ3v) is 6.13. The van der Waals surface area contributed by atoms with Gasteiger partial charge in [-0.15, -0.1) is 0 Å². The Hall–Kier alpha value is -3.45. The normalized spacial score (nSPS) is 17.2. The molecule has 0 aliphatic heterocycles. The molecule has 0 saturated carbocycles. The smallest absolute Gasteiger partial charge is 0.233 e. The predicted octanol–water partition coefficient (Wildman–Crippen LogP) is 4.26. The van der Waals surface area contributed by atoms with E-state index >= 15 is 0 Å². The summed E-state index contributed by atoms with van der Waals surface area (Å²) in [6.45, 7) is 5.38. The molecular formula is C25H28N6O. The molecule has 1 N–H and O–H groups in total. The quantitative estimate of drug-likeness (QED) is 0.497. The van der Waals surface area contributed by atoms with Crippen molar-refractivity contribution >= 4 is 0 Å². The lowest BCUT2D eigenvalue weighted by atomic mass is 9.74. The van der Waals surface area contributed by atoms with E-state index in [0.717, 1.165) is 36.5 Å². The number of benzene rings is 1. The maximum atomic E-state index is 5.31. The van der Waals surface area contributed by atoms with Crippen molar-refractivity contribution in [1.82, 2.24) is 29.6 Å². The SMILES string of the molecule is COc1ccc(-n2ncc3c2CC(C)(C)CC3NCc2cccn2-c2ncccn2)cc1. The highest BCUT2D eigenvalue weighted by molar-refractivity contribution is 5.41. The average molecular weight is 429 g/mol. The van der Waals surface area contributed by atoms with Crippen LogP contribution in [0.1, 0.15) is 43.3 Å². The second-order valence-corrected chi connectivity index (χ2v) is 9.05. The fourth-order valence-electron chi connectivity index (χ4n) is 4.57. The zero-order valence-corrected chi connectivity index (χ0v) is 18.7. The van der Waals surface area contributed by atoms with Gasteiger partial charge in [-0.2, -0.15) is 5.10 Å². The predicted molar refractivity (Wildman–Crippen MR) is 123 cm³/mol. The number of nitrogens with zero attached hydrogens (tertiary/aromatic N) is 5. The molecular weight excluding hydrogens is 400 g/mol. The van der Waals surface area contributed by atoms with Gasteiger partial charge in [0, 0.05) is 48.1 Å². The molecule has 0 fully saturated rings. The molecule has 7 nitrogen and oxygen atoms in total. The van der Waals surface area contributed by atoms with E-state index in [9.17, 15) is 0 Å². The highest BCUT2D eigenvalue weighted by Crippen LogP contribution is 2.41. The van der Waals surface area contributed by atoms with Crippen molar-refractivity contribution in [2.45, 2.75) is 39.3 Å². The molecule has 32 heavy (non-hydrogen) atoms. The molecule has 4 aromatic rings. The van der Waals surface area contributed by atoms with Gasteiger partial charge in [-0.1, -0.05) is 13.8 Å². The van der Waals surface area contributed by atoms with Crippen molar-refractivity contribution in [1.29, 1.82) is 0 Å². The first kappa shape index (κ1) is 20.5. The van der Waals surface area contributed by atoms with Gasteiger partial charge >= 0.3 is 0 Å². The van der Waals surface area contributed by atoms with Crippen LogP contribution in [0, 0.1) is 5.41 Å². The minimum absolute atomic E-state index is 0.166. The van der Waals surface area contributed by atoms with Gasteiger partial charge in [-0.25, -0.2) is 14.6 Å². The van der Waals surface area contributed by atoms with E-state index in [1.165, 1.54) is 11.3 Å². The van der Waals surface area contributed by atoms with Crippen molar-refractivity contribution in [2.24, 2.45) is 5.41 Å². The molecule has 1 aliphatic rings. The number of hydrogen-bond donors (Lipinski definition) is 1. The Labute approximate surface area is 188 Å². The van der Waals surface area contributed by atoms with Crippen LogP contribution in [-0.4, -0.2) is 31.4 Å². The van der Waals surface area contributed by atoms with Crippen molar-refractivity contribution < 1.29 is 4.74 Å². The molecule has 0 bridgehead atoms. The van der Waals surface area contributed by atoms with Crippen LogP contribution in [0.15, 0.2) is 67.3 Å². The van der Waals surface area contributed by atoms with Gasteiger partial charge < -0.3 is 10.1 Å². The van der Waals surface area contributed by atoms with E-state index < -0.39 is 0 Å². The number of fused-ring (bicyclic) bond motifs is 1. The lowest BCUT2D eigenvalue weighted by Gasteiger charge is -2.36. The Morgan fingerprint density at radius 3 is 2.62 bits per heavy atom. The molecule has 0 radical (unpaired) electrons. The molecule has 0 amide bonds. The Bertz CT molecular complexity index is 1190. The third kappa shape index (κ3) is 3.91. The Morgan fingerprint density at radius 2 is 1.88 bits per heavy atom. The van der Waals surface area contributed by atoms with E-state index in [4.69, 9.17) is 9.84 Å². The van der Waals surface area contributed by atoms with Crippen LogP contribution in [0.5, 0.6) is 5.75 Å². The van der Waals surface area contributed by atoms with Gasteiger partial charge in [-0.3, -0.25) is 4.57 Å². The molecule has 0 spiro atoms. The molecule has 1 atom stereocenters. The largest absolute Gasteiger partial charge is 0.497 e. The third-order valence-electron chi connectivity index (χ3n) is 6.13. The monoisotopic (exact) mass is 428 g/mol. The zero-order valence-electron chi connectivity index (χ0n) is 18.7. The Morgan fingerprint density at radius 1 is 1.09 bits per heavy atom. The molecule has 164 valence electrons. The number of methoxy groups -OCH3 is 1. The summed E-state index contributed by atoms with van der Waals surface area (Å²) >= 11 is 0. The second kappa shape index (κ2) is 8.24. The minimum Gasteiger partial charge on any atom is -0.497 e. The van der Waals surface area contributed by atoms with E-state index in [1.54, 1.807) is 19.5 Å². The molecule has 7 heteroatoms. The van der Waals surface area contributed by atoms with Crippen molar-refractivity contribution in [3.63, 3.8) is 0 Å². The molecule has 1 aromatic carbocycles. The summed E-state index contributed by atoms with van der Waals surface area (Å²) < 4.78 is 9.41. The fourth-order valence-corrected chi connectivity index (χ4v) is 4.57. The highest BCUT2D eigenvalue weighted by Gasteiger charge is 2.35. The Kier molecular flexibility index (Phi) is 5.27. The molecule has 1 unspecified atom stereocenters. The second-order valence-electron chi connectivity index (χ2n) is 9.05. The lowest BCUT2D eigenvalue weighted by molar-refractivity contribution is 0.252. The van der Waals surface area contributed by atoms with Crippen molar-refractivity contribution in [3.05, 3.63) is 84.2 Å². The first-order valence-electron chi connectivity index (χ1n) is 10.9. The summed E-state index contributed by atoms with van der Waals surface area (Å²) in [4.78, 5) is 8.77. The van der Waals surface area contributed by atoms with E-state index in [2.05, 4.69) is 52.0 Å². The molecule has 0 saturated heterocycles. The van der Waals surface area contributed by atoms with Crippen LogP contribution in [0.4, 0.5) is 0 Å². The minimum atomic E-state index is 0.166.